The lowest BCUT2D eigenvalue weighted by Gasteiger charge is -2.16. The molecule has 1 N–H and O–H groups in total. The topological polar surface area (TPSA) is 83.6 Å². The van der Waals surface area contributed by atoms with E-state index in [9.17, 15) is 18.0 Å². The summed E-state index contributed by atoms with van der Waals surface area (Å²) in [5, 5.41) is 2.76. The third-order valence-electron chi connectivity index (χ3n) is 3.87. The van der Waals surface area contributed by atoms with Crippen molar-refractivity contribution in [3.63, 3.8) is 0 Å². The van der Waals surface area contributed by atoms with Gasteiger partial charge >= 0.3 is 0 Å². The molecule has 0 radical (unpaired) electrons. The smallest absolute Gasteiger partial charge is 0.257 e. The van der Waals surface area contributed by atoms with Crippen molar-refractivity contribution >= 4 is 60.7 Å². The fraction of sp³-hybridized carbons (Fsp3) is 0.176. The van der Waals surface area contributed by atoms with Crippen molar-refractivity contribution in [1.82, 2.24) is 0 Å². The molecule has 9 heteroatoms. The highest BCUT2D eigenvalue weighted by atomic mass is 79.9. The van der Waals surface area contributed by atoms with Gasteiger partial charge in [-0.25, -0.2) is 12.7 Å². The number of carbonyl (C=O) groups is 2. The van der Waals surface area contributed by atoms with Gasteiger partial charge < -0.3 is 5.32 Å². The van der Waals surface area contributed by atoms with E-state index in [0.717, 1.165) is 8.78 Å². The maximum absolute atomic E-state index is 12.4. The van der Waals surface area contributed by atoms with Crippen LogP contribution >= 0.6 is 27.5 Å². The molecule has 0 aliphatic carbocycles. The van der Waals surface area contributed by atoms with E-state index in [4.69, 9.17) is 11.6 Å². The molecule has 1 atom stereocenters. The van der Waals surface area contributed by atoms with Crippen molar-refractivity contribution in [2.75, 3.05) is 15.4 Å². The van der Waals surface area contributed by atoms with Crippen LogP contribution in [0.4, 0.5) is 11.4 Å². The number of nitrogens with zero attached hydrogens (tertiary/aromatic N) is 1. The molecule has 0 saturated carbocycles. The lowest BCUT2D eigenvalue weighted by molar-refractivity contribution is -0.119. The number of halogens is 2. The third kappa shape index (κ3) is 3.62. The first-order valence-electron chi connectivity index (χ1n) is 7.62. The molecule has 26 heavy (non-hydrogen) atoms. The van der Waals surface area contributed by atoms with E-state index in [0.29, 0.717) is 5.69 Å². The number of carbonyl (C=O) groups excluding carboxylic acids is 2. The van der Waals surface area contributed by atoms with Gasteiger partial charge in [-0.2, -0.15) is 0 Å². The van der Waals surface area contributed by atoms with Gasteiger partial charge in [0.2, 0.25) is 15.9 Å². The second kappa shape index (κ2) is 7.02. The van der Waals surface area contributed by atoms with Crippen LogP contribution in [-0.4, -0.2) is 26.0 Å². The molecule has 6 nitrogen and oxygen atoms in total. The number of rotatable bonds is 3. The van der Waals surface area contributed by atoms with Gasteiger partial charge in [0.15, 0.2) is 0 Å². The monoisotopic (exact) mass is 456 g/mol. The van der Waals surface area contributed by atoms with Gasteiger partial charge in [-0.1, -0.05) is 40.5 Å². The van der Waals surface area contributed by atoms with Crippen molar-refractivity contribution in [3.8, 4) is 0 Å². The van der Waals surface area contributed by atoms with Gasteiger partial charge in [0, 0.05) is 10.2 Å². The molecule has 2 amide bonds. The van der Waals surface area contributed by atoms with E-state index in [2.05, 4.69) is 21.2 Å². The van der Waals surface area contributed by atoms with E-state index in [1.54, 1.807) is 25.1 Å². The quantitative estimate of drug-likeness (QED) is 0.762. The molecule has 1 heterocycles. The highest BCUT2D eigenvalue weighted by molar-refractivity contribution is 9.10. The molecule has 1 aliphatic heterocycles. The second-order valence-electron chi connectivity index (χ2n) is 5.91. The number of nitrogens with one attached hydrogen (secondary N) is 1. The molecule has 2 aromatic carbocycles. The van der Waals surface area contributed by atoms with Crippen LogP contribution in [-0.2, 0) is 14.8 Å². The summed E-state index contributed by atoms with van der Waals surface area (Å²) in [5.41, 5.74) is 0.881. The second-order valence-corrected chi connectivity index (χ2v) is 9.10. The SMILES string of the molecule is CC1CS(=O)(=O)N(c2ccc(C(=O)Nc3cccc(Br)c3)c(Cl)c2)C1=O. The minimum absolute atomic E-state index is 0.0533. The Balaban J connectivity index is 1.88. The van der Waals surface area contributed by atoms with Crippen molar-refractivity contribution in [1.29, 1.82) is 0 Å². The first-order chi connectivity index (χ1) is 12.2. The number of hydrogen-bond donors (Lipinski definition) is 1. The number of anilines is 2. The number of sulfonamides is 1. The largest absolute Gasteiger partial charge is 0.322 e. The van der Waals surface area contributed by atoms with E-state index in [1.807, 2.05) is 6.07 Å². The molecule has 1 aliphatic rings. The first kappa shape index (κ1) is 18.9. The summed E-state index contributed by atoms with van der Waals surface area (Å²) in [7, 11) is -3.72. The fourth-order valence-electron chi connectivity index (χ4n) is 2.67. The summed E-state index contributed by atoms with van der Waals surface area (Å²) < 4.78 is 25.9. The van der Waals surface area contributed by atoms with Gasteiger partial charge in [-0.05, 0) is 36.4 Å². The van der Waals surface area contributed by atoms with E-state index in [1.165, 1.54) is 18.2 Å². The molecule has 0 spiro atoms. The first-order valence-corrected chi connectivity index (χ1v) is 10.4. The van der Waals surface area contributed by atoms with Crippen LogP contribution in [0.2, 0.25) is 5.02 Å². The Labute approximate surface area is 164 Å². The van der Waals surface area contributed by atoms with Crippen LogP contribution in [0.5, 0.6) is 0 Å². The van der Waals surface area contributed by atoms with Crippen LogP contribution in [0.3, 0.4) is 0 Å². The van der Waals surface area contributed by atoms with Crippen LogP contribution in [0.1, 0.15) is 17.3 Å². The lowest BCUT2D eigenvalue weighted by atomic mass is 10.1. The van der Waals surface area contributed by atoms with Gasteiger partial charge in [-0.15, -0.1) is 0 Å². The molecular formula is C17H14BrClN2O4S. The van der Waals surface area contributed by atoms with Gasteiger partial charge in [0.05, 0.1) is 27.9 Å². The van der Waals surface area contributed by atoms with Crippen LogP contribution in [0, 0.1) is 5.92 Å². The highest BCUT2D eigenvalue weighted by Gasteiger charge is 2.42. The van der Waals surface area contributed by atoms with Crippen molar-refractivity contribution in [2.24, 2.45) is 5.92 Å². The minimum atomic E-state index is -3.72. The third-order valence-corrected chi connectivity index (χ3v) is 6.55. The summed E-state index contributed by atoms with van der Waals surface area (Å²) in [5.74, 6) is -1.80. The Morgan fingerprint density at radius 3 is 2.58 bits per heavy atom. The van der Waals surface area contributed by atoms with E-state index in [-0.39, 0.29) is 22.0 Å². The van der Waals surface area contributed by atoms with Crippen LogP contribution < -0.4 is 9.62 Å². The van der Waals surface area contributed by atoms with Gasteiger partial charge in [-0.3, -0.25) is 9.59 Å². The average molecular weight is 458 g/mol. The molecule has 1 fully saturated rings. The average Bonchev–Trinajstić information content (AvgIpc) is 2.74. The molecule has 1 unspecified atom stereocenters. The van der Waals surface area contributed by atoms with Crippen molar-refractivity contribution < 1.29 is 18.0 Å². The zero-order chi connectivity index (χ0) is 19.1. The molecule has 3 rings (SSSR count). The summed E-state index contributed by atoms with van der Waals surface area (Å²) >= 11 is 9.49. The van der Waals surface area contributed by atoms with E-state index >= 15 is 0 Å². The standard InChI is InChI=1S/C17H14BrClN2O4S/c1-10-9-26(24,25)21(17(10)23)13-5-6-14(15(19)8-13)16(22)20-12-4-2-3-11(18)7-12/h2-8,10H,9H2,1H3,(H,20,22). The Bertz CT molecular complexity index is 1010. The molecular weight excluding hydrogens is 444 g/mol. The normalized spacial score (nSPS) is 18.8. The minimum Gasteiger partial charge on any atom is -0.322 e. The summed E-state index contributed by atoms with van der Waals surface area (Å²) in [6.45, 7) is 1.56. The van der Waals surface area contributed by atoms with Crippen LogP contribution in [0.25, 0.3) is 0 Å². The lowest BCUT2D eigenvalue weighted by Crippen LogP contribution is -2.30. The molecule has 0 aromatic heterocycles. The maximum Gasteiger partial charge on any atom is 0.257 e. The fourth-order valence-corrected chi connectivity index (χ4v) is 5.14. The van der Waals surface area contributed by atoms with E-state index < -0.39 is 27.8 Å². The summed E-state index contributed by atoms with van der Waals surface area (Å²) in [6, 6.07) is 11.2. The highest BCUT2D eigenvalue weighted by Crippen LogP contribution is 2.31. The molecule has 0 bridgehead atoms. The van der Waals surface area contributed by atoms with Gasteiger partial charge in [0.25, 0.3) is 5.91 Å². The summed E-state index contributed by atoms with van der Waals surface area (Å²) in [4.78, 5) is 24.6. The molecule has 1 saturated heterocycles. The Morgan fingerprint density at radius 1 is 1.27 bits per heavy atom. The predicted molar refractivity (Wildman–Crippen MR) is 104 cm³/mol. The molecule has 136 valence electrons. The zero-order valence-corrected chi connectivity index (χ0v) is 16.7. The molecule has 2 aromatic rings. The van der Waals surface area contributed by atoms with Crippen molar-refractivity contribution in [3.05, 3.63) is 57.5 Å². The zero-order valence-electron chi connectivity index (χ0n) is 13.6. The predicted octanol–water partition coefficient (Wildman–Crippen LogP) is 3.67. The van der Waals surface area contributed by atoms with Gasteiger partial charge in [0.1, 0.15) is 0 Å². The van der Waals surface area contributed by atoms with Crippen molar-refractivity contribution in [2.45, 2.75) is 6.92 Å². The number of benzene rings is 2. The van der Waals surface area contributed by atoms with Crippen LogP contribution in [0.15, 0.2) is 46.9 Å². The summed E-state index contributed by atoms with van der Waals surface area (Å²) in [6.07, 6.45) is 0. The Hall–Kier alpha value is -1.90. The Morgan fingerprint density at radius 2 is 2.00 bits per heavy atom. The number of amides is 2. The number of hydrogen-bond acceptors (Lipinski definition) is 4. The Kier molecular flexibility index (Phi) is 5.09. The maximum atomic E-state index is 12.4.